The van der Waals surface area contributed by atoms with Crippen molar-refractivity contribution in [2.24, 2.45) is 0 Å². The van der Waals surface area contributed by atoms with E-state index in [0.717, 1.165) is 24.2 Å². The number of nitrogens with one attached hydrogen (secondary N) is 2. The normalized spacial score (nSPS) is 11.0. The second kappa shape index (κ2) is 10.6. The molecule has 0 radical (unpaired) electrons. The van der Waals surface area contributed by atoms with Gasteiger partial charge < -0.3 is 10.1 Å². The van der Waals surface area contributed by atoms with E-state index in [-0.39, 0.29) is 17.3 Å². The van der Waals surface area contributed by atoms with Crippen molar-refractivity contribution < 1.29 is 17.9 Å². The lowest BCUT2D eigenvalue weighted by molar-refractivity contribution is 0.0950. The van der Waals surface area contributed by atoms with Gasteiger partial charge in [-0.05, 0) is 48.4 Å². The van der Waals surface area contributed by atoms with Gasteiger partial charge in [-0.1, -0.05) is 31.6 Å². The van der Waals surface area contributed by atoms with Crippen LogP contribution in [0.3, 0.4) is 0 Å². The molecule has 0 unspecified atom stereocenters. The predicted octanol–water partition coefficient (Wildman–Crippen LogP) is 3.26. The van der Waals surface area contributed by atoms with Crippen molar-refractivity contribution >= 4 is 15.9 Å². The third kappa shape index (κ3) is 6.51. The van der Waals surface area contributed by atoms with E-state index < -0.39 is 10.0 Å². The second-order valence-corrected chi connectivity index (χ2v) is 7.96. The van der Waals surface area contributed by atoms with Gasteiger partial charge in [-0.25, -0.2) is 13.1 Å². The molecule has 0 aliphatic rings. The summed E-state index contributed by atoms with van der Waals surface area (Å²) in [5.41, 5.74) is 1.31. The first kappa shape index (κ1) is 21.7. The quantitative estimate of drug-likeness (QED) is 0.446. The molecule has 0 aliphatic heterocycles. The average Bonchev–Trinajstić information content (AvgIpc) is 2.71. The highest BCUT2D eigenvalue weighted by Crippen LogP contribution is 2.14. The SMILES string of the molecule is C=CCNS(=O)(=O)c1ccc(C(=O)NCc2cccc(OCCCC)c2)cc1. The number of hydrogen-bond donors (Lipinski definition) is 2. The van der Waals surface area contributed by atoms with Crippen LogP contribution < -0.4 is 14.8 Å². The lowest BCUT2D eigenvalue weighted by Crippen LogP contribution is -2.24. The molecule has 2 aromatic rings. The van der Waals surface area contributed by atoms with Crippen molar-refractivity contribution in [2.75, 3.05) is 13.2 Å². The summed E-state index contributed by atoms with van der Waals surface area (Å²) in [6, 6.07) is 13.4. The van der Waals surface area contributed by atoms with Gasteiger partial charge >= 0.3 is 0 Å². The number of sulfonamides is 1. The monoisotopic (exact) mass is 402 g/mol. The Hall–Kier alpha value is -2.64. The van der Waals surface area contributed by atoms with Gasteiger partial charge in [0.05, 0.1) is 11.5 Å². The highest BCUT2D eigenvalue weighted by atomic mass is 32.2. The molecule has 0 atom stereocenters. The molecule has 2 N–H and O–H groups in total. The fourth-order valence-electron chi connectivity index (χ4n) is 2.40. The van der Waals surface area contributed by atoms with Crippen molar-refractivity contribution in [1.29, 1.82) is 0 Å². The smallest absolute Gasteiger partial charge is 0.251 e. The Morgan fingerprint density at radius 3 is 2.61 bits per heavy atom. The molecule has 6 nitrogen and oxygen atoms in total. The maximum atomic E-state index is 12.3. The molecule has 0 aromatic heterocycles. The first-order chi connectivity index (χ1) is 13.5. The lowest BCUT2D eigenvalue weighted by Gasteiger charge is -2.09. The summed E-state index contributed by atoms with van der Waals surface area (Å²) < 4.78 is 32.1. The second-order valence-electron chi connectivity index (χ2n) is 6.20. The Kier molecular flexibility index (Phi) is 8.22. The molecule has 2 rings (SSSR count). The van der Waals surface area contributed by atoms with E-state index in [1.165, 1.54) is 30.3 Å². The van der Waals surface area contributed by atoms with E-state index in [1.807, 2.05) is 24.3 Å². The third-order valence-electron chi connectivity index (χ3n) is 3.96. The summed E-state index contributed by atoms with van der Waals surface area (Å²) in [7, 11) is -3.60. The van der Waals surface area contributed by atoms with Crippen LogP contribution in [0.1, 0.15) is 35.7 Å². The maximum absolute atomic E-state index is 12.3. The Balaban J connectivity index is 1.94. The van der Waals surface area contributed by atoms with Crippen molar-refractivity contribution in [3.63, 3.8) is 0 Å². The van der Waals surface area contributed by atoms with E-state index in [1.54, 1.807) is 0 Å². The molecular weight excluding hydrogens is 376 g/mol. The van der Waals surface area contributed by atoms with Crippen LogP contribution in [0.2, 0.25) is 0 Å². The number of benzene rings is 2. The van der Waals surface area contributed by atoms with Crippen LogP contribution in [-0.4, -0.2) is 27.5 Å². The minimum absolute atomic E-state index is 0.0998. The summed E-state index contributed by atoms with van der Waals surface area (Å²) >= 11 is 0. The van der Waals surface area contributed by atoms with Crippen LogP contribution in [-0.2, 0) is 16.6 Å². The van der Waals surface area contributed by atoms with Gasteiger partial charge in [-0.2, -0.15) is 0 Å². The molecule has 1 amide bonds. The molecule has 0 bridgehead atoms. The summed E-state index contributed by atoms with van der Waals surface area (Å²) in [5.74, 6) is 0.502. The van der Waals surface area contributed by atoms with Crippen LogP contribution >= 0.6 is 0 Å². The van der Waals surface area contributed by atoms with Crippen molar-refractivity contribution in [3.05, 3.63) is 72.3 Å². The Morgan fingerprint density at radius 1 is 1.18 bits per heavy atom. The molecule has 0 aliphatic carbocycles. The van der Waals surface area contributed by atoms with Crippen LogP contribution in [0.25, 0.3) is 0 Å². The average molecular weight is 403 g/mol. The van der Waals surface area contributed by atoms with Gasteiger partial charge in [-0.3, -0.25) is 4.79 Å². The Morgan fingerprint density at radius 2 is 1.93 bits per heavy atom. The highest BCUT2D eigenvalue weighted by molar-refractivity contribution is 7.89. The van der Waals surface area contributed by atoms with E-state index in [4.69, 9.17) is 4.74 Å². The first-order valence-electron chi connectivity index (χ1n) is 9.17. The molecule has 0 saturated heterocycles. The van der Waals surface area contributed by atoms with Gasteiger partial charge in [-0.15, -0.1) is 6.58 Å². The van der Waals surface area contributed by atoms with Crippen LogP contribution in [0, 0.1) is 0 Å². The lowest BCUT2D eigenvalue weighted by atomic mass is 10.2. The number of unbranched alkanes of at least 4 members (excludes halogenated alkanes) is 1. The van der Waals surface area contributed by atoms with E-state index in [0.29, 0.717) is 18.7 Å². The number of ether oxygens (including phenoxy) is 1. The van der Waals surface area contributed by atoms with Crippen molar-refractivity contribution in [2.45, 2.75) is 31.2 Å². The Bertz CT molecular complexity index is 893. The molecule has 2 aromatic carbocycles. The number of carbonyl (C=O) groups excluding carboxylic acids is 1. The molecular formula is C21H26N2O4S. The van der Waals surface area contributed by atoms with Gasteiger partial charge in [0.25, 0.3) is 5.91 Å². The topological polar surface area (TPSA) is 84.5 Å². The van der Waals surface area contributed by atoms with Crippen LogP contribution in [0.5, 0.6) is 5.75 Å². The molecule has 0 fully saturated rings. The van der Waals surface area contributed by atoms with Crippen LogP contribution in [0.4, 0.5) is 0 Å². The molecule has 150 valence electrons. The van der Waals surface area contributed by atoms with E-state index in [2.05, 4.69) is 23.5 Å². The zero-order chi connectivity index (χ0) is 20.4. The van der Waals surface area contributed by atoms with Gasteiger partial charge in [0.1, 0.15) is 5.75 Å². The standard InChI is InChI=1S/C21H26N2O4S/c1-3-5-14-27-19-8-6-7-17(15-19)16-22-21(24)18-9-11-20(12-10-18)28(25,26)23-13-4-2/h4,6-12,15,23H,2-3,5,13-14,16H2,1H3,(H,22,24). The zero-order valence-electron chi connectivity index (χ0n) is 16.0. The molecule has 0 heterocycles. The number of hydrogen-bond acceptors (Lipinski definition) is 4. The fourth-order valence-corrected chi connectivity index (χ4v) is 3.40. The summed E-state index contributed by atoms with van der Waals surface area (Å²) in [6.45, 7) is 6.75. The van der Waals surface area contributed by atoms with Crippen molar-refractivity contribution in [3.8, 4) is 5.75 Å². The molecule has 28 heavy (non-hydrogen) atoms. The number of rotatable bonds is 11. The summed E-state index contributed by atoms with van der Waals surface area (Å²) in [4.78, 5) is 12.4. The van der Waals surface area contributed by atoms with E-state index in [9.17, 15) is 13.2 Å². The summed E-state index contributed by atoms with van der Waals surface area (Å²) in [6.07, 6.45) is 3.53. The van der Waals surface area contributed by atoms with Gasteiger partial charge in [0.2, 0.25) is 10.0 Å². The highest BCUT2D eigenvalue weighted by Gasteiger charge is 2.14. The molecule has 7 heteroatoms. The third-order valence-corrected chi connectivity index (χ3v) is 5.40. The van der Waals surface area contributed by atoms with Crippen molar-refractivity contribution in [1.82, 2.24) is 10.0 Å². The van der Waals surface area contributed by atoms with Crippen LogP contribution in [0.15, 0.2) is 66.1 Å². The fraction of sp³-hybridized carbons (Fsp3) is 0.286. The first-order valence-corrected chi connectivity index (χ1v) is 10.6. The number of carbonyl (C=O) groups is 1. The molecule has 0 saturated carbocycles. The predicted molar refractivity (Wildman–Crippen MR) is 110 cm³/mol. The van der Waals surface area contributed by atoms with Gasteiger partial charge in [0, 0.05) is 18.7 Å². The minimum Gasteiger partial charge on any atom is -0.494 e. The Labute approximate surface area is 166 Å². The largest absolute Gasteiger partial charge is 0.494 e. The number of amides is 1. The maximum Gasteiger partial charge on any atom is 0.251 e. The van der Waals surface area contributed by atoms with E-state index >= 15 is 0 Å². The molecule has 0 spiro atoms. The zero-order valence-corrected chi connectivity index (χ0v) is 16.8. The summed E-state index contributed by atoms with van der Waals surface area (Å²) in [5, 5.41) is 2.83. The minimum atomic E-state index is -3.60. The van der Waals surface area contributed by atoms with Gasteiger partial charge in [0.15, 0.2) is 0 Å².